The number of H-pyrrole nitrogens is 1. The van der Waals surface area contributed by atoms with E-state index >= 15 is 0 Å². The number of ether oxygens (including phenoxy) is 1. The number of methoxy groups -OCH3 is 1. The number of esters is 1. The molecule has 2 aromatic carbocycles. The number of carbonyl (C=O) groups is 2. The second-order valence-corrected chi connectivity index (χ2v) is 10.1. The number of amides is 1. The number of fused-ring (bicyclic) bond motifs is 1. The highest BCUT2D eigenvalue weighted by Gasteiger charge is 2.27. The maximum Gasteiger partial charge on any atom is 0.337 e. The van der Waals surface area contributed by atoms with Crippen molar-refractivity contribution in [1.29, 1.82) is 0 Å². The third-order valence-corrected chi connectivity index (χ3v) is 7.57. The summed E-state index contributed by atoms with van der Waals surface area (Å²) in [5.41, 5.74) is 3.24. The molecule has 3 aromatic rings. The Morgan fingerprint density at radius 2 is 1.71 bits per heavy atom. The first kappa shape index (κ1) is 25.9. The first-order valence-corrected chi connectivity index (χ1v) is 13.2. The van der Waals surface area contributed by atoms with Crippen LogP contribution in [0.25, 0.3) is 10.9 Å². The number of hydrogen-bond donors (Lipinski definition) is 2. The molecule has 2 fully saturated rings. The molecule has 2 aliphatic heterocycles. The van der Waals surface area contributed by atoms with Gasteiger partial charge < -0.3 is 24.6 Å². The zero-order valence-corrected chi connectivity index (χ0v) is 22.0. The largest absolute Gasteiger partial charge is 0.494 e. The molecule has 3 heterocycles. The fourth-order valence-corrected chi connectivity index (χ4v) is 5.27. The van der Waals surface area contributed by atoms with E-state index in [1.165, 1.54) is 7.11 Å². The molecule has 38 heavy (non-hydrogen) atoms. The molecule has 0 unspecified atom stereocenters. The molecule has 5 rings (SSSR count). The molecule has 9 heteroatoms. The average Bonchev–Trinajstić information content (AvgIpc) is 3.27. The number of hydrogen-bond acceptors (Lipinski definition) is 7. The average molecular weight is 518 g/mol. The molecule has 0 radical (unpaired) electrons. The molecule has 1 aromatic heterocycles. The maximum absolute atomic E-state index is 12.9. The second-order valence-electron chi connectivity index (χ2n) is 10.1. The zero-order valence-electron chi connectivity index (χ0n) is 22.0. The Labute approximate surface area is 222 Å². The van der Waals surface area contributed by atoms with E-state index in [0.29, 0.717) is 42.0 Å². The highest BCUT2D eigenvalue weighted by atomic mass is 16.5. The zero-order chi connectivity index (χ0) is 26.6. The van der Waals surface area contributed by atoms with Gasteiger partial charge in [0, 0.05) is 55.7 Å². The standard InChI is InChI=1S/C29H35N5O4/c1-32-14-16-33(17-15-32)19-25(35)34-12-10-22(11-13-34)30-27(20-6-4-3-5-7-20)26-23-9-8-21(29(37)38-2)18-24(23)31-28(26)36/h3-9,18,22,31,36H,10-17,19H2,1-2H3. The lowest BCUT2D eigenvalue weighted by Crippen LogP contribution is -2.50. The summed E-state index contributed by atoms with van der Waals surface area (Å²) < 4.78 is 4.84. The van der Waals surface area contributed by atoms with Gasteiger partial charge in [-0.05, 0) is 32.0 Å². The number of nitrogens with one attached hydrogen (secondary N) is 1. The fraction of sp³-hybridized carbons (Fsp3) is 0.414. The molecule has 9 nitrogen and oxygen atoms in total. The van der Waals surface area contributed by atoms with E-state index in [1.807, 2.05) is 41.3 Å². The molecular weight excluding hydrogens is 482 g/mol. The Morgan fingerprint density at radius 3 is 2.39 bits per heavy atom. The van der Waals surface area contributed by atoms with Crippen LogP contribution in [0.15, 0.2) is 53.5 Å². The Bertz CT molecular complexity index is 1320. The highest BCUT2D eigenvalue weighted by Crippen LogP contribution is 2.32. The van der Waals surface area contributed by atoms with Gasteiger partial charge in [0.1, 0.15) is 0 Å². The van der Waals surface area contributed by atoms with Gasteiger partial charge in [-0.2, -0.15) is 0 Å². The van der Waals surface area contributed by atoms with Crippen LogP contribution in [0.2, 0.25) is 0 Å². The number of aromatic hydroxyl groups is 1. The Hall–Kier alpha value is -3.69. The Kier molecular flexibility index (Phi) is 7.76. The number of nitrogens with zero attached hydrogens (tertiary/aromatic N) is 4. The number of likely N-dealkylation sites (N-methyl/N-ethyl adjacent to an activating group) is 1. The SMILES string of the molecule is COC(=O)c1ccc2c(C(=NC3CCN(C(=O)CN4CCN(C)CC4)CC3)c3ccccc3)c(O)[nH]c2c1. The number of likely N-dealkylation sites (tertiary alicyclic amines) is 1. The number of piperidine rings is 1. The molecule has 0 spiro atoms. The summed E-state index contributed by atoms with van der Waals surface area (Å²) in [7, 11) is 3.46. The number of aromatic nitrogens is 1. The van der Waals surface area contributed by atoms with Crippen molar-refractivity contribution in [2.45, 2.75) is 18.9 Å². The lowest BCUT2D eigenvalue weighted by Gasteiger charge is -2.35. The van der Waals surface area contributed by atoms with Crippen LogP contribution >= 0.6 is 0 Å². The van der Waals surface area contributed by atoms with Gasteiger partial charge in [0.05, 0.1) is 36.5 Å². The molecular formula is C29H35N5O4. The van der Waals surface area contributed by atoms with Gasteiger partial charge in [-0.1, -0.05) is 36.4 Å². The van der Waals surface area contributed by atoms with Gasteiger partial charge in [0.2, 0.25) is 5.91 Å². The minimum Gasteiger partial charge on any atom is -0.494 e. The summed E-state index contributed by atoms with van der Waals surface area (Å²) >= 11 is 0. The minimum absolute atomic E-state index is 0.00408. The van der Waals surface area contributed by atoms with E-state index in [1.54, 1.807) is 12.1 Å². The predicted octanol–water partition coefficient (Wildman–Crippen LogP) is 2.74. The quantitative estimate of drug-likeness (QED) is 0.385. The molecule has 2 N–H and O–H groups in total. The van der Waals surface area contributed by atoms with Gasteiger partial charge in [-0.3, -0.25) is 14.7 Å². The van der Waals surface area contributed by atoms with E-state index in [9.17, 15) is 14.7 Å². The van der Waals surface area contributed by atoms with Crippen molar-refractivity contribution in [3.63, 3.8) is 0 Å². The molecule has 0 atom stereocenters. The fourth-order valence-electron chi connectivity index (χ4n) is 5.27. The van der Waals surface area contributed by atoms with E-state index < -0.39 is 5.97 Å². The van der Waals surface area contributed by atoms with Crippen LogP contribution in [0, 0.1) is 0 Å². The molecule has 2 saturated heterocycles. The number of aliphatic imine (C=N–C) groups is 1. The third-order valence-electron chi connectivity index (χ3n) is 7.57. The van der Waals surface area contributed by atoms with Crippen molar-refractivity contribution >= 4 is 28.5 Å². The van der Waals surface area contributed by atoms with E-state index in [-0.39, 0.29) is 17.8 Å². The van der Waals surface area contributed by atoms with Crippen LogP contribution in [-0.2, 0) is 9.53 Å². The third kappa shape index (κ3) is 5.58. The normalized spacial score (nSPS) is 18.2. The number of aromatic amines is 1. The summed E-state index contributed by atoms with van der Waals surface area (Å²) in [6, 6.07) is 15.0. The molecule has 0 aliphatic carbocycles. The summed E-state index contributed by atoms with van der Waals surface area (Å²) in [5, 5.41) is 11.7. The van der Waals surface area contributed by atoms with Crippen molar-refractivity contribution in [2.24, 2.45) is 4.99 Å². The van der Waals surface area contributed by atoms with Crippen molar-refractivity contribution in [3.8, 4) is 5.88 Å². The van der Waals surface area contributed by atoms with Gasteiger partial charge >= 0.3 is 5.97 Å². The van der Waals surface area contributed by atoms with Crippen LogP contribution in [0.1, 0.15) is 34.3 Å². The molecule has 2 aliphatic rings. The Morgan fingerprint density at radius 1 is 1.00 bits per heavy atom. The lowest BCUT2D eigenvalue weighted by molar-refractivity contribution is -0.133. The van der Waals surface area contributed by atoms with Gasteiger partial charge in [-0.25, -0.2) is 4.79 Å². The number of benzene rings is 2. The summed E-state index contributed by atoms with van der Waals surface area (Å²) in [6.07, 6.45) is 1.53. The number of rotatable bonds is 6. The second kappa shape index (κ2) is 11.4. The first-order valence-electron chi connectivity index (χ1n) is 13.2. The van der Waals surface area contributed by atoms with Gasteiger partial charge in [-0.15, -0.1) is 0 Å². The molecule has 0 saturated carbocycles. The monoisotopic (exact) mass is 517 g/mol. The van der Waals surface area contributed by atoms with E-state index in [4.69, 9.17) is 9.73 Å². The Balaban J connectivity index is 1.36. The summed E-state index contributed by atoms with van der Waals surface area (Å²) in [4.78, 5) is 39.6. The molecule has 200 valence electrons. The lowest BCUT2D eigenvalue weighted by atomic mass is 9.98. The van der Waals surface area contributed by atoms with Gasteiger partial charge in [0.15, 0.2) is 5.88 Å². The van der Waals surface area contributed by atoms with Crippen molar-refractivity contribution in [1.82, 2.24) is 19.7 Å². The van der Waals surface area contributed by atoms with E-state index in [0.717, 1.165) is 50.0 Å². The van der Waals surface area contributed by atoms with Gasteiger partial charge in [0.25, 0.3) is 0 Å². The van der Waals surface area contributed by atoms with Crippen molar-refractivity contribution in [2.75, 3.05) is 60.0 Å². The number of piperazine rings is 1. The van der Waals surface area contributed by atoms with Crippen molar-refractivity contribution in [3.05, 3.63) is 65.2 Å². The van der Waals surface area contributed by atoms with Crippen molar-refractivity contribution < 1.29 is 19.4 Å². The summed E-state index contributed by atoms with van der Waals surface area (Å²) in [6.45, 7) is 5.68. The summed E-state index contributed by atoms with van der Waals surface area (Å²) in [5.74, 6) is -0.242. The minimum atomic E-state index is -0.437. The molecule has 1 amide bonds. The smallest absolute Gasteiger partial charge is 0.337 e. The van der Waals surface area contributed by atoms with Crippen LogP contribution in [0.3, 0.4) is 0 Å². The molecule has 0 bridgehead atoms. The number of carbonyl (C=O) groups excluding carboxylic acids is 2. The van der Waals surface area contributed by atoms with E-state index in [2.05, 4.69) is 21.8 Å². The topological polar surface area (TPSA) is 101 Å². The van der Waals surface area contributed by atoms with Crippen LogP contribution in [-0.4, -0.2) is 108 Å². The van der Waals surface area contributed by atoms with Crippen LogP contribution in [0.5, 0.6) is 5.88 Å². The highest BCUT2D eigenvalue weighted by molar-refractivity contribution is 6.21. The maximum atomic E-state index is 12.9. The first-order chi connectivity index (χ1) is 18.4. The predicted molar refractivity (Wildman–Crippen MR) is 147 cm³/mol. The van der Waals surface area contributed by atoms with Crippen LogP contribution in [0.4, 0.5) is 0 Å². The van der Waals surface area contributed by atoms with Crippen LogP contribution < -0.4 is 0 Å².